The van der Waals surface area contributed by atoms with Crippen LogP contribution in [0.3, 0.4) is 0 Å². The summed E-state index contributed by atoms with van der Waals surface area (Å²) in [4.78, 5) is 11.0. The fourth-order valence-corrected chi connectivity index (χ4v) is 3.15. The second-order valence-corrected chi connectivity index (χ2v) is 5.23. The molecule has 1 aromatic rings. The molecule has 1 atom stereocenters. The molecule has 0 saturated heterocycles. The van der Waals surface area contributed by atoms with Gasteiger partial charge in [0, 0.05) is 5.92 Å². The van der Waals surface area contributed by atoms with Crippen molar-refractivity contribution in [2.45, 2.75) is 44.9 Å². The Morgan fingerprint density at radius 3 is 2.35 bits per heavy atom. The first-order valence-electron chi connectivity index (χ1n) is 6.85. The average Bonchev–Trinajstić information content (AvgIpc) is 2.42. The lowest BCUT2D eigenvalue weighted by Gasteiger charge is -2.31. The number of carbonyl (C=O) groups excluding carboxylic acids is 1. The van der Waals surface area contributed by atoms with Gasteiger partial charge in [-0.2, -0.15) is 0 Å². The number of benzene rings is 1. The van der Waals surface area contributed by atoms with Gasteiger partial charge in [0.25, 0.3) is 0 Å². The lowest BCUT2D eigenvalue weighted by molar-refractivity contribution is -0.113. The van der Waals surface area contributed by atoms with E-state index in [2.05, 4.69) is 37.3 Å². The summed E-state index contributed by atoms with van der Waals surface area (Å²) in [5, 5.41) is 0. The van der Waals surface area contributed by atoms with Gasteiger partial charge >= 0.3 is 0 Å². The van der Waals surface area contributed by atoms with Crippen LogP contribution in [0.1, 0.15) is 50.5 Å². The van der Waals surface area contributed by atoms with Crippen LogP contribution < -0.4 is 0 Å². The van der Waals surface area contributed by atoms with Gasteiger partial charge in [-0.25, -0.2) is 0 Å². The van der Waals surface area contributed by atoms with Crippen molar-refractivity contribution in [3.63, 3.8) is 0 Å². The lowest BCUT2D eigenvalue weighted by atomic mass is 9.73. The van der Waals surface area contributed by atoms with Gasteiger partial charge in [-0.15, -0.1) is 0 Å². The molecule has 1 aliphatic rings. The number of hydrogen-bond donors (Lipinski definition) is 0. The Kier molecular flexibility index (Phi) is 4.36. The molecular weight excluding hydrogens is 208 g/mol. The van der Waals surface area contributed by atoms with Crippen LogP contribution in [0.5, 0.6) is 0 Å². The highest BCUT2D eigenvalue weighted by Gasteiger charge is 2.26. The zero-order valence-corrected chi connectivity index (χ0v) is 10.6. The van der Waals surface area contributed by atoms with Crippen LogP contribution in [0, 0.1) is 11.8 Å². The van der Waals surface area contributed by atoms with E-state index in [1.54, 1.807) is 0 Å². The maximum atomic E-state index is 11.0. The molecule has 92 valence electrons. The Morgan fingerprint density at radius 1 is 1.18 bits per heavy atom. The average molecular weight is 230 g/mol. The predicted octanol–water partition coefficient (Wildman–Crippen LogP) is 4.19. The van der Waals surface area contributed by atoms with E-state index in [-0.39, 0.29) is 0 Å². The minimum Gasteiger partial charge on any atom is -0.303 e. The minimum absolute atomic E-state index is 0.298. The van der Waals surface area contributed by atoms with Crippen molar-refractivity contribution in [1.29, 1.82) is 0 Å². The van der Waals surface area contributed by atoms with Gasteiger partial charge in [0.15, 0.2) is 0 Å². The first-order chi connectivity index (χ1) is 8.35. The molecule has 0 amide bonds. The Balaban J connectivity index is 1.92. The Labute approximate surface area is 104 Å². The van der Waals surface area contributed by atoms with Gasteiger partial charge in [0.2, 0.25) is 0 Å². The fraction of sp³-hybridized carbons (Fsp3) is 0.562. The second-order valence-electron chi connectivity index (χ2n) is 5.23. The molecule has 0 radical (unpaired) electrons. The molecule has 2 rings (SSSR count). The lowest BCUT2D eigenvalue weighted by Crippen LogP contribution is -2.21. The molecule has 0 spiro atoms. The third-order valence-corrected chi connectivity index (χ3v) is 4.29. The summed E-state index contributed by atoms with van der Waals surface area (Å²) in [6.45, 7) is 2.13. The molecule has 0 bridgehead atoms. The molecule has 1 saturated carbocycles. The molecule has 0 aliphatic heterocycles. The van der Waals surface area contributed by atoms with Crippen LogP contribution in [0.25, 0.3) is 0 Å². The second kappa shape index (κ2) is 6.00. The monoisotopic (exact) mass is 230 g/mol. The van der Waals surface area contributed by atoms with Gasteiger partial charge in [-0.3, -0.25) is 0 Å². The Hall–Kier alpha value is -1.11. The van der Waals surface area contributed by atoms with E-state index in [4.69, 9.17) is 0 Å². The normalized spacial score (nSPS) is 26.4. The van der Waals surface area contributed by atoms with Gasteiger partial charge in [0.05, 0.1) is 0 Å². The Bertz CT molecular complexity index is 336. The predicted molar refractivity (Wildman–Crippen MR) is 71.0 cm³/mol. The highest BCUT2D eigenvalue weighted by molar-refractivity contribution is 5.53. The molecule has 1 aliphatic carbocycles. The molecule has 1 aromatic carbocycles. The summed E-state index contributed by atoms with van der Waals surface area (Å²) in [7, 11) is 0. The molecule has 0 aromatic heterocycles. The minimum atomic E-state index is 0.298. The van der Waals surface area contributed by atoms with Crippen LogP contribution in [0.15, 0.2) is 30.3 Å². The van der Waals surface area contributed by atoms with E-state index in [0.717, 1.165) is 12.3 Å². The summed E-state index contributed by atoms with van der Waals surface area (Å²) >= 11 is 0. The molecule has 17 heavy (non-hydrogen) atoms. The van der Waals surface area contributed by atoms with Crippen molar-refractivity contribution < 1.29 is 4.79 Å². The van der Waals surface area contributed by atoms with Crippen molar-refractivity contribution in [3.8, 4) is 0 Å². The first kappa shape index (κ1) is 12.3. The topological polar surface area (TPSA) is 17.1 Å². The third kappa shape index (κ3) is 2.96. The first-order valence-corrected chi connectivity index (χ1v) is 6.85. The fourth-order valence-electron chi connectivity index (χ4n) is 3.15. The van der Waals surface area contributed by atoms with Gasteiger partial charge in [-0.1, -0.05) is 37.3 Å². The molecule has 0 N–H and O–H groups in total. The molecule has 1 fully saturated rings. The van der Waals surface area contributed by atoms with Gasteiger partial charge < -0.3 is 4.79 Å². The highest BCUT2D eigenvalue weighted by Crippen LogP contribution is 2.38. The highest BCUT2D eigenvalue weighted by atomic mass is 16.1. The van der Waals surface area contributed by atoms with Crippen molar-refractivity contribution in [2.75, 3.05) is 0 Å². The quantitative estimate of drug-likeness (QED) is 0.709. The van der Waals surface area contributed by atoms with Crippen LogP contribution >= 0.6 is 0 Å². The zero-order chi connectivity index (χ0) is 12.1. The Morgan fingerprint density at radius 2 is 1.82 bits per heavy atom. The molecule has 1 nitrogen and oxygen atoms in total. The van der Waals surface area contributed by atoms with Crippen LogP contribution in [0.2, 0.25) is 0 Å². The van der Waals surface area contributed by atoms with Crippen LogP contribution in [0.4, 0.5) is 0 Å². The van der Waals surface area contributed by atoms with E-state index < -0.39 is 0 Å². The smallest absolute Gasteiger partial charge is 0.123 e. The number of rotatable bonds is 4. The number of hydrogen-bond acceptors (Lipinski definition) is 1. The van der Waals surface area contributed by atoms with Crippen molar-refractivity contribution in [1.82, 2.24) is 0 Å². The zero-order valence-electron chi connectivity index (χ0n) is 10.6. The van der Waals surface area contributed by atoms with Gasteiger partial charge in [-0.05, 0) is 49.5 Å². The number of carbonyl (C=O) groups is 1. The van der Waals surface area contributed by atoms with E-state index in [1.165, 1.54) is 37.5 Å². The summed E-state index contributed by atoms with van der Waals surface area (Å²) in [6, 6.07) is 10.8. The largest absolute Gasteiger partial charge is 0.303 e. The SMILES string of the molecule is CCC(C=O)C1CCC(c2ccccc2)CC1. The summed E-state index contributed by atoms with van der Waals surface area (Å²) in [6.07, 6.45) is 7.11. The molecule has 1 unspecified atom stereocenters. The van der Waals surface area contributed by atoms with E-state index in [9.17, 15) is 4.79 Å². The van der Waals surface area contributed by atoms with Crippen molar-refractivity contribution in [3.05, 3.63) is 35.9 Å². The van der Waals surface area contributed by atoms with E-state index in [0.29, 0.717) is 11.8 Å². The summed E-state index contributed by atoms with van der Waals surface area (Å²) in [5.74, 6) is 1.65. The number of aldehydes is 1. The molecule has 1 heteroatoms. The van der Waals surface area contributed by atoms with Crippen molar-refractivity contribution >= 4 is 6.29 Å². The van der Waals surface area contributed by atoms with Crippen LogP contribution in [-0.4, -0.2) is 6.29 Å². The van der Waals surface area contributed by atoms with Crippen LogP contribution in [-0.2, 0) is 4.79 Å². The molecule has 0 heterocycles. The maximum absolute atomic E-state index is 11.0. The standard InChI is InChI=1S/C16H22O/c1-2-13(12-17)15-8-10-16(11-9-15)14-6-4-3-5-7-14/h3-7,12-13,15-16H,2,8-11H2,1H3. The maximum Gasteiger partial charge on any atom is 0.123 e. The third-order valence-electron chi connectivity index (χ3n) is 4.29. The van der Waals surface area contributed by atoms with E-state index >= 15 is 0 Å². The summed E-state index contributed by atoms with van der Waals surface area (Å²) < 4.78 is 0. The molecular formula is C16H22O. The van der Waals surface area contributed by atoms with E-state index in [1.807, 2.05) is 0 Å². The van der Waals surface area contributed by atoms with Crippen molar-refractivity contribution in [2.24, 2.45) is 11.8 Å². The summed E-state index contributed by atoms with van der Waals surface area (Å²) in [5.41, 5.74) is 1.48. The van der Waals surface area contributed by atoms with Gasteiger partial charge in [0.1, 0.15) is 6.29 Å².